The second-order valence-corrected chi connectivity index (χ2v) is 4.78. The summed E-state index contributed by atoms with van der Waals surface area (Å²) in [6.45, 7) is 3.67. The molecule has 1 amide bonds. The molecule has 0 radical (unpaired) electrons. The maximum atomic E-state index is 11.9. The van der Waals surface area contributed by atoms with Crippen LogP contribution in [0.25, 0.3) is 0 Å². The van der Waals surface area contributed by atoms with Crippen LogP contribution in [-0.2, 0) is 10.5 Å². The molecule has 1 atom stereocenters. The zero-order chi connectivity index (χ0) is 14.0. The summed E-state index contributed by atoms with van der Waals surface area (Å²) in [6.07, 6.45) is -0.426. The summed E-state index contributed by atoms with van der Waals surface area (Å²) in [7, 11) is 0. The number of ether oxygens (including phenoxy) is 1. The minimum absolute atomic E-state index is 0.223. The van der Waals surface area contributed by atoms with Crippen LogP contribution in [0.15, 0.2) is 29.4 Å². The highest BCUT2D eigenvalue weighted by molar-refractivity contribution is 6.30. The largest absolute Gasteiger partial charge is 0.448 e. The van der Waals surface area contributed by atoms with Crippen LogP contribution in [0.5, 0.6) is 0 Å². The summed E-state index contributed by atoms with van der Waals surface area (Å²) in [5.74, 6) is 0. The molecule has 1 aromatic carbocycles. The molecule has 2 rings (SSSR count). The van der Waals surface area contributed by atoms with Crippen molar-refractivity contribution in [3.8, 4) is 0 Å². The smallest absolute Gasteiger partial charge is 0.433 e. The van der Waals surface area contributed by atoms with Gasteiger partial charge >= 0.3 is 6.09 Å². The number of hydrazone groups is 1. The lowest BCUT2D eigenvalue weighted by molar-refractivity contribution is -0.0855. The van der Waals surface area contributed by atoms with Crippen molar-refractivity contribution in [1.29, 1.82) is 0 Å². The Balaban J connectivity index is 2.35. The first kappa shape index (κ1) is 13.8. The summed E-state index contributed by atoms with van der Waals surface area (Å²) in [6, 6.07) is 6.66. The first-order chi connectivity index (χ1) is 8.97. The third-order valence-electron chi connectivity index (χ3n) is 2.87. The molecule has 19 heavy (non-hydrogen) atoms. The van der Waals surface area contributed by atoms with Crippen molar-refractivity contribution in [3.63, 3.8) is 0 Å². The van der Waals surface area contributed by atoms with Crippen LogP contribution in [-0.4, -0.2) is 28.5 Å². The van der Waals surface area contributed by atoms with E-state index in [-0.39, 0.29) is 13.0 Å². The number of hydrogen-bond acceptors (Lipinski definition) is 4. The van der Waals surface area contributed by atoms with Gasteiger partial charge in [-0.15, -0.1) is 0 Å². The Kier molecular flexibility index (Phi) is 3.78. The van der Waals surface area contributed by atoms with Gasteiger partial charge in [0.2, 0.25) is 0 Å². The predicted octanol–water partition coefficient (Wildman–Crippen LogP) is 2.72. The first-order valence-corrected chi connectivity index (χ1v) is 6.34. The molecule has 0 saturated heterocycles. The van der Waals surface area contributed by atoms with E-state index >= 15 is 0 Å². The van der Waals surface area contributed by atoms with Crippen molar-refractivity contribution in [3.05, 3.63) is 34.9 Å². The van der Waals surface area contributed by atoms with Gasteiger partial charge in [0.05, 0.1) is 6.61 Å². The quantitative estimate of drug-likeness (QED) is 0.907. The summed E-state index contributed by atoms with van der Waals surface area (Å²) < 4.78 is 4.91. The van der Waals surface area contributed by atoms with E-state index in [1.165, 1.54) is 0 Å². The highest BCUT2D eigenvalue weighted by atomic mass is 35.5. The van der Waals surface area contributed by atoms with E-state index in [1.54, 1.807) is 38.1 Å². The highest BCUT2D eigenvalue weighted by Gasteiger charge is 2.45. The molecule has 1 aromatic rings. The number of halogens is 1. The van der Waals surface area contributed by atoms with Gasteiger partial charge in [0.25, 0.3) is 0 Å². The molecule has 0 saturated carbocycles. The van der Waals surface area contributed by atoms with E-state index in [2.05, 4.69) is 5.10 Å². The third-order valence-corrected chi connectivity index (χ3v) is 3.12. The van der Waals surface area contributed by atoms with Crippen LogP contribution in [0.3, 0.4) is 0 Å². The van der Waals surface area contributed by atoms with E-state index in [4.69, 9.17) is 16.3 Å². The van der Waals surface area contributed by atoms with Gasteiger partial charge in [-0.25, -0.2) is 4.79 Å². The molecule has 5 nitrogen and oxygen atoms in total. The Morgan fingerprint density at radius 2 is 2.16 bits per heavy atom. The van der Waals surface area contributed by atoms with E-state index in [0.29, 0.717) is 16.3 Å². The minimum Gasteiger partial charge on any atom is -0.448 e. The van der Waals surface area contributed by atoms with Crippen molar-refractivity contribution in [2.75, 3.05) is 6.61 Å². The number of rotatable bonds is 2. The number of amides is 1. The van der Waals surface area contributed by atoms with Crippen LogP contribution in [0.1, 0.15) is 25.8 Å². The molecular formula is C13H15ClN2O3. The molecule has 1 heterocycles. The zero-order valence-corrected chi connectivity index (χ0v) is 11.5. The summed E-state index contributed by atoms with van der Waals surface area (Å²) in [5.41, 5.74) is -0.308. The second-order valence-electron chi connectivity index (χ2n) is 4.35. The number of hydrogen-bond donors (Lipinski definition) is 1. The van der Waals surface area contributed by atoms with Gasteiger partial charge < -0.3 is 9.84 Å². The van der Waals surface area contributed by atoms with Crippen molar-refractivity contribution in [2.45, 2.75) is 26.0 Å². The van der Waals surface area contributed by atoms with Crippen LogP contribution < -0.4 is 0 Å². The van der Waals surface area contributed by atoms with Crippen molar-refractivity contribution >= 4 is 23.4 Å². The lowest BCUT2D eigenvalue weighted by Crippen LogP contribution is -2.43. The van der Waals surface area contributed by atoms with E-state index < -0.39 is 11.8 Å². The van der Waals surface area contributed by atoms with E-state index in [9.17, 15) is 9.90 Å². The first-order valence-electron chi connectivity index (χ1n) is 5.97. The summed E-state index contributed by atoms with van der Waals surface area (Å²) in [4.78, 5) is 11.9. The lowest BCUT2D eigenvalue weighted by atomic mass is 9.98. The SMILES string of the molecule is CCOC(=O)N1N=C(C)C[C@@]1(O)c1ccc(Cl)cc1. The zero-order valence-electron chi connectivity index (χ0n) is 10.8. The van der Waals surface area contributed by atoms with Gasteiger partial charge in [-0.05, 0) is 26.0 Å². The number of carbonyl (C=O) groups excluding carboxylic acids is 1. The number of benzene rings is 1. The average molecular weight is 283 g/mol. The normalized spacial score (nSPS) is 22.3. The van der Waals surface area contributed by atoms with Crippen LogP contribution in [0.4, 0.5) is 4.79 Å². The Labute approximate surface area is 116 Å². The van der Waals surface area contributed by atoms with Gasteiger partial charge in [0.1, 0.15) is 0 Å². The van der Waals surface area contributed by atoms with Gasteiger partial charge in [-0.3, -0.25) is 0 Å². The van der Waals surface area contributed by atoms with Crippen molar-refractivity contribution in [1.82, 2.24) is 5.01 Å². The molecule has 0 fully saturated rings. The fraction of sp³-hybridized carbons (Fsp3) is 0.385. The molecule has 0 bridgehead atoms. The van der Waals surface area contributed by atoms with Gasteiger partial charge in [0.15, 0.2) is 5.72 Å². The number of aliphatic hydroxyl groups is 1. The molecule has 1 aliphatic rings. The monoisotopic (exact) mass is 282 g/mol. The molecule has 1 aliphatic heterocycles. The van der Waals surface area contributed by atoms with Gasteiger partial charge in [-0.1, -0.05) is 23.7 Å². The minimum atomic E-state index is -1.51. The lowest BCUT2D eigenvalue weighted by Gasteiger charge is -2.30. The maximum absolute atomic E-state index is 11.9. The molecule has 6 heteroatoms. The maximum Gasteiger partial charge on any atom is 0.433 e. The third kappa shape index (κ3) is 2.57. The fourth-order valence-corrected chi connectivity index (χ4v) is 2.16. The van der Waals surface area contributed by atoms with Gasteiger partial charge in [0, 0.05) is 22.7 Å². The van der Waals surface area contributed by atoms with Crippen LogP contribution in [0.2, 0.25) is 5.02 Å². The van der Waals surface area contributed by atoms with E-state index in [0.717, 1.165) is 5.01 Å². The number of carbonyl (C=O) groups is 1. The highest BCUT2D eigenvalue weighted by Crippen LogP contribution is 2.36. The molecule has 0 aromatic heterocycles. The predicted molar refractivity (Wildman–Crippen MR) is 71.9 cm³/mol. The molecule has 0 spiro atoms. The molecular weight excluding hydrogens is 268 g/mol. The molecule has 0 aliphatic carbocycles. The van der Waals surface area contributed by atoms with Crippen molar-refractivity contribution in [2.24, 2.45) is 5.10 Å². The van der Waals surface area contributed by atoms with E-state index in [1.807, 2.05) is 0 Å². The summed E-state index contributed by atoms with van der Waals surface area (Å²) in [5, 5.41) is 16.3. The van der Waals surface area contributed by atoms with Crippen molar-refractivity contribution < 1.29 is 14.6 Å². The van der Waals surface area contributed by atoms with Crippen LogP contribution in [0, 0.1) is 0 Å². The summed E-state index contributed by atoms with van der Waals surface area (Å²) >= 11 is 5.83. The molecule has 102 valence electrons. The molecule has 1 N–H and O–H groups in total. The Morgan fingerprint density at radius 1 is 1.53 bits per heavy atom. The molecule has 0 unspecified atom stereocenters. The Morgan fingerprint density at radius 3 is 2.74 bits per heavy atom. The number of nitrogens with zero attached hydrogens (tertiary/aromatic N) is 2. The van der Waals surface area contributed by atoms with Crippen LogP contribution >= 0.6 is 11.6 Å². The average Bonchev–Trinajstić information content (AvgIpc) is 2.67. The second kappa shape index (κ2) is 5.19. The topological polar surface area (TPSA) is 62.1 Å². The fourth-order valence-electron chi connectivity index (χ4n) is 2.04. The van der Waals surface area contributed by atoms with Gasteiger partial charge in [-0.2, -0.15) is 10.1 Å². The Bertz CT molecular complexity index is 515. The standard InChI is InChI=1S/C13H15ClN2O3/c1-3-19-12(17)16-13(18,8-9(2)15-16)10-4-6-11(14)7-5-10/h4-7,18H,3,8H2,1-2H3/t13-/m1/s1. The Hall–Kier alpha value is -1.59.